The molecule has 26 heavy (non-hydrogen) atoms. The van der Waals surface area contributed by atoms with Crippen LogP contribution in [0.4, 0.5) is 4.39 Å². The molecule has 128 valence electrons. The van der Waals surface area contributed by atoms with Gasteiger partial charge in [0.1, 0.15) is 18.1 Å². The molecule has 1 aromatic heterocycles. The first-order valence-corrected chi connectivity index (χ1v) is 8.07. The molecule has 0 spiro atoms. The van der Waals surface area contributed by atoms with E-state index in [1.54, 1.807) is 24.3 Å². The van der Waals surface area contributed by atoms with Crippen molar-refractivity contribution in [1.29, 1.82) is 0 Å². The summed E-state index contributed by atoms with van der Waals surface area (Å²) in [4.78, 5) is 12.4. The summed E-state index contributed by atoms with van der Waals surface area (Å²) in [5.41, 5.74) is 1.69. The summed E-state index contributed by atoms with van der Waals surface area (Å²) in [5.74, 6) is -0.258. The summed E-state index contributed by atoms with van der Waals surface area (Å²) in [6, 6.07) is 20.7. The Balaban J connectivity index is 1.49. The van der Waals surface area contributed by atoms with Crippen molar-refractivity contribution >= 4 is 16.7 Å². The van der Waals surface area contributed by atoms with Gasteiger partial charge in [-0.3, -0.25) is 0 Å². The highest BCUT2D eigenvalue weighted by molar-refractivity contribution is 6.04. The van der Waals surface area contributed by atoms with Crippen molar-refractivity contribution in [2.75, 3.05) is 0 Å². The van der Waals surface area contributed by atoms with Gasteiger partial charge in [-0.15, -0.1) is 0 Å². The number of rotatable bonds is 4. The lowest BCUT2D eigenvalue weighted by molar-refractivity contribution is 0.0466. The van der Waals surface area contributed by atoms with Gasteiger partial charge in [0.2, 0.25) is 0 Å². The third-order valence-electron chi connectivity index (χ3n) is 4.05. The molecule has 4 aromatic rings. The monoisotopic (exact) mass is 347 g/mol. The molecule has 3 aromatic carbocycles. The summed E-state index contributed by atoms with van der Waals surface area (Å²) >= 11 is 0. The van der Waals surface area contributed by atoms with Gasteiger partial charge < -0.3 is 9.26 Å². The zero-order chi connectivity index (χ0) is 17.9. The van der Waals surface area contributed by atoms with Crippen LogP contribution in [-0.2, 0) is 11.3 Å². The lowest BCUT2D eigenvalue weighted by Crippen LogP contribution is -2.06. The van der Waals surface area contributed by atoms with Crippen molar-refractivity contribution in [2.24, 2.45) is 0 Å². The van der Waals surface area contributed by atoms with Gasteiger partial charge in [-0.25, -0.2) is 9.18 Å². The Morgan fingerprint density at radius 3 is 2.62 bits per heavy atom. The largest absolute Gasteiger partial charge is 0.455 e. The zero-order valence-electron chi connectivity index (χ0n) is 13.7. The van der Waals surface area contributed by atoms with Crippen molar-refractivity contribution in [3.8, 4) is 11.3 Å². The summed E-state index contributed by atoms with van der Waals surface area (Å²) in [5, 5.41) is 5.71. The molecule has 0 N–H and O–H groups in total. The van der Waals surface area contributed by atoms with Gasteiger partial charge in [-0.05, 0) is 41.1 Å². The van der Waals surface area contributed by atoms with Crippen molar-refractivity contribution in [1.82, 2.24) is 5.16 Å². The second-order valence-corrected chi connectivity index (χ2v) is 5.79. The zero-order valence-corrected chi connectivity index (χ0v) is 13.7. The molecule has 0 fully saturated rings. The standard InChI is InChI=1S/C21H14FNO3/c22-16-10-8-15(9-11-16)20-12-17(23-26-20)13-25-21(24)19-7-3-5-14-4-1-2-6-18(14)19/h1-12H,13H2. The van der Waals surface area contributed by atoms with E-state index >= 15 is 0 Å². The predicted octanol–water partition coefficient (Wildman–Crippen LogP) is 4.99. The minimum absolute atomic E-state index is 0.00719. The maximum absolute atomic E-state index is 13.0. The van der Waals surface area contributed by atoms with Gasteiger partial charge in [-0.1, -0.05) is 41.6 Å². The predicted molar refractivity (Wildman–Crippen MR) is 95.0 cm³/mol. The van der Waals surface area contributed by atoms with Crippen LogP contribution in [0.25, 0.3) is 22.1 Å². The van der Waals surface area contributed by atoms with Gasteiger partial charge in [-0.2, -0.15) is 0 Å². The normalized spacial score (nSPS) is 10.8. The van der Waals surface area contributed by atoms with Crippen LogP contribution in [-0.4, -0.2) is 11.1 Å². The highest BCUT2D eigenvalue weighted by Gasteiger charge is 2.13. The maximum Gasteiger partial charge on any atom is 0.339 e. The first-order chi connectivity index (χ1) is 12.7. The second kappa shape index (κ2) is 6.80. The number of carbonyl (C=O) groups excluding carboxylic acids is 1. The maximum atomic E-state index is 13.0. The van der Waals surface area contributed by atoms with E-state index < -0.39 is 5.97 Å². The molecule has 0 radical (unpaired) electrons. The summed E-state index contributed by atoms with van der Waals surface area (Å²) in [7, 11) is 0. The fourth-order valence-corrected chi connectivity index (χ4v) is 2.75. The van der Waals surface area contributed by atoms with Crippen LogP contribution >= 0.6 is 0 Å². The van der Waals surface area contributed by atoms with Crippen molar-refractivity contribution in [3.05, 3.63) is 89.9 Å². The Labute approximate surface area is 148 Å². The molecule has 0 aliphatic heterocycles. The average molecular weight is 347 g/mol. The highest BCUT2D eigenvalue weighted by atomic mass is 19.1. The van der Waals surface area contributed by atoms with Crippen LogP contribution < -0.4 is 0 Å². The molecule has 0 aliphatic rings. The number of ether oxygens (including phenoxy) is 1. The number of hydrogen-bond acceptors (Lipinski definition) is 4. The Bertz CT molecular complexity index is 1060. The lowest BCUT2D eigenvalue weighted by atomic mass is 10.1. The quantitative estimate of drug-likeness (QED) is 0.488. The van der Waals surface area contributed by atoms with Gasteiger partial charge >= 0.3 is 5.97 Å². The summed E-state index contributed by atoms with van der Waals surface area (Å²) in [6.45, 7) is -0.00719. The number of nitrogens with zero attached hydrogens (tertiary/aromatic N) is 1. The second-order valence-electron chi connectivity index (χ2n) is 5.79. The Morgan fingerprint density at radius 1 is 1.00 bits per heavy atom. The molecule has 0 saturated heterocycles. The minimum atomic E-state index is -0.423. The fourth-order valence-electron chi connectivity index (χ4n) is 2.75. The van der Waals surface area contributed by atoms with Crippen LogP contribution in [0.2, 0.25) is 0 Å². The molecule has 5 heteroatoms. The number of halogens is 1. The van der Waals surface area contributed by atoms with E-state index in [1.807, 2.05) is 36.4 Å². The molecule has 0 unspecified atom stereocenters. The molecule has 4 nitrogen and oxygen atoms in total. The number of esters is 1. The van der Waals surface area contributed by atoms with E-state index in [1.165, 1.54) is 12.1 Å². The average Bonchev–Trinajstić information content (AvgIpc) is 3.15. The highest BCUT2D eigenvalue weighted by Crippen LogP contribution is 2.22. The molecule has 0 atom stereocenters. The van der Waals surface area contributed by atoms with Crippen molar-refractivity contribution in [3.63, 3.8) is 0 Å². The Morgan fingerprint density at radius 2 is 1.77 bits per heavy atom. The van der Waals surface area contributed by atoms with Gasteiger partial charge in [0.25, 0.3) is 0 Å². The lowest BCUT2D eigenvalue weighted by Gasteiger charge is -2.06. The van der Waals surface area contributed by atoms with E-state index in [9.17, 15) is 9.18 Å². The van der Waals surface area contributed by atoms with Crippen LogP contribution in [0.15, 0.2) is 77.3 Å². The van der Waals surface area contributed by atoms with Crippen molar-refractivity contribution < 1.29 is 18.4 Å². The van der Waals surface area contributed by atoms with Crippen LogP contribution in [0, 0.1) is 5.82 Å². The minimum Gasteiger partial charge on any atom is -0.455 e. The van der Waals surface area contributed by atoms with E-state index in [0.29, 0.717) is 22.6 Å². The SMILES string of the molecule is O=C(OCc1cc(-c2ccc(F)cc2)on1)c1cccc2ccccc12. The molecule has 0 amide bonds. The molecule has 0 aliphatic carbocycles. The van der Waals surface area contributed by atoms with Gasteiger partial charge in [0.15, 0.2) is 5.76 Å². The van der Waals surface area contributed by atoms with E-state index in [2.05, 4.69) is 5.16 Å². The topological polar surface area (TPSA) is 52.3 Å². The molecular formula is C21H14FNO3. The molecule has 0 bridgehead atoms. The number of hydrogen-bond donors (Lipinski definition) is 0. The molecular weight excluding hydrogens is 333 g/mol. The van der Waals surface area contributed by atoms with Gasteiger partial charge in [0, 0.05) is 11.6 Å². The Kier molecular flexibility index (Phi) is 4.19. The smallest absolute Gasteiger partial charge is 0.339 e. The van der Waals surface area contributed by atoms with Crippen LogP contribution in [0.1, 0.15) is 16.1 Å². The first-order valence-electron chi connectivity index (χ1n) is 8.07. The number of aromatic nitrogens is 1. The molecule has 0 saturated carbocycles. The first kappa shape index (κ1) is 16.0. The van der Waals surface area contributed by atoms with Gasteiger partial charge in [0.05, 0.1) is 5.56 Å². The summed E-state index contributed by atoms with van der Waals surface area (Å²) in [6.07, 6.45) is 0. The van der Waals surface area contributed by atoms with Crippen LogP contribution in [0.3, 0.4) is 0 Å². The van der Waals surface area contributed by atoms with E-state index in [0.717, 1.165) is 10.8 Å². The third-order valence-corrected chi connectivity index (χ3v) is 4.05. The Hall–Kier alpha value is -3.47. The van der Waals surface area contributed by atoms with Crippen molar-refractivity contribution in [2.45, 2.75) is 6.61 Å². The fraction of sp³-hybridized carbons (Fsp3) is 0.0476. The molecule has 4 rings (SSSR count). The molecule has 1 heterocycles. The number of carbonyl (C=O) groups is 1. The third kappa shape index (κ3) is 3.19. The van der Waals surface area contributed by atoms with Crippen LogP contribution in [0.5, 0.6) is 0 Å². The number of benzene rings is 3. The van der Waals surface area contributed by atoms with E-state index in [-0.39, 0.29) is 12.4 Å². The summed E-state index contributed by atoms with van der Waals surface area (Å²) < 4.78 is 23.6. The van der Waals surface area contributed by atoms with E-state index in [4.69, 9.17) is 9.26 Å². The number of fused-ring (bicyclic) bond motifs is 1.